The van der Waals surface area contributed by atoms with Crippen LogP contribution in [0.4, 0.5) is 17.8 Å². The standard InChI is InChI=1S/C12H19N7O2/c1-4-18(5-2)11-15-10(13)16-12(17-11)19-6-8(20)14-9(21)7(19)3/h7H,4-6H2,1-3H3,(H,14,20,21)(H2,13,15,16,17). The monoisotopic (exact) mass is 293 g/mol. The number of nitrogen functional groups attached to an aromatic ring is 1. The third-order valence-corrected chi connectivity index (χ3v) is 3.36. The molecule has 0 radical (unpaired) electrons. The molecule has 2 rings (SSSR count). The van der Waals surface area contributed by atoms with Crippen LogP contribution >= 0.6 is 0 Å². The first-order valence-corrected chi connectivity index (χ1v) is 6.83. The Morgan fingerprint density at radius 1 is 1.29 bits per heavy atom. The second-order valence-electron chi connectivity index (χ2n) is 4.68. The summed E-state index contributed by atoms with van der Waals surface area (Å²) in [7, 11) is 0. The molecule has 1 fully saturated rings. The highest BCUT2D eigenvalue weighted by molar-refractivity contribution is 6.04. The Hall–Kier alpha value is -2.45. The Morgan fingerprint density at radius 2 is 1.95 bits per heavy atom. The van der Waals surface area contributed by atoms with Crippen LogP contribution in [-0.4, -0.2) is 52.4 Å². The molecule has 9 nitrogen and oxygen atoms in total. The lowest BCUT2D eigenvalue weighted by atomic mass is 10.2. The Bertz CT molecular complexity index is 559. The number of piperazine rings is 1. The van der Waals surface area contributed by atoms with Crippen molar-refractivity contribution in [1.29, 1.82) is 0 Å². The smallest absolute Gasteiger partial charge is 0.249 e. The van der Waals surface area contributed by atoms with Crippen molar-refractivity contribution in [3.63, 3.8) is 0 Å². The number of aromatic nitrogens is 3. The number of imide groups is 1. The number of anilines is 3. The molecule has 1 aliphatic heterocycles. The highest BCUT2D eigenvalue weighted by atomic mass is 16.2. The van der Waals surface area contributed by atoms with Crippen LogP contribution in [0.3, 0.4) is 0 Å². The summed E-state index contributed by atoms with van der Waals surface area (Å²) in [5.74, 6) is -0.0307. The van der Waals surface area contributed by atoms with E-state index in [0.717, 1.165) is 0 Å². The number of nitrogens with one attached hydrogen (secondary N) is 1. The molecule has 0 aliphatic carbocycles. The van der Waals surface area contributed by atoms with E-state index in [1.165, 1.54) is 4.90 Å². The molecule has 1 aliphatic rings. The van der Waals surface area contributed by atoms with Crippen molar-refractivity contribution in [3.05, 3.63) is 0 Å². The van der Waals surface area contributed by atoms with Crippen molar-refractivity contribution >= 4 is 29.7 Å². The molecule has 1 atom stereocenters. The molecule has 0 saturated carbocycles. The lowest BCUT2D eigenvalue weighted by molar-refractivity contribution is -0.132. The second kappa shape index (κ2) is 5.90. The summed E-state index contributed by atoms with van der Waals surface area (Å²) in [6, 6.07) is -0.547. The topological polar surface area (TPSA) is 117 Å². The normalized spacial score (nSPS) is 18.6. The number of amides is 2. The number of nitrogens with zero attached hydrogens (tertiary/aromatic N) is 5. The van der Waals surface area contributed by atoms with E-state index in [0.29, 0.717) is 19.0 Å². The van der Waals surface area contributed by atoms with Crippen molar-refractivity contribution in [3.8, 4) is 0 Å². The predicted molar refractivity (Wildman–Crippen MR) is 77.8 cm³/mol. The highest BCUT2D eigenvalue weighted by Crippen LogP contribution is 2.18. The number of nitrogens with two attached hydrogens (primary N) is 1. The molecule has 1 saturated heterocycles. The third kappa shape index (κ3) is 3.01. The summed E-state index contributed by atoms with van der Waals surface area (Å²) >= 11 is 0. The van der Waals surface area contributed by atoms with E-state index in [1.54, 1.807) is 6.92 Å². The molecule has 114 valence electrons. The van der Waals surface area contributed by atoms with Crippen molar-refractivity contribution < 1.29 is 9.59 Å². The first-order chi connectivity index (χ1) is 9.96. The Morgan fingerprint density at radius 3 is 2.57 bits per heavy atom. The van der Waals surface area contributed by atoms with E-state index in [4.69, 9.17) is 5.73 Å². The van der Waals surface area contributed by atoms with Gasteiger partial charge in [-0.2, -0.15) is 15.0 Å². The minimum Gasteiger partial charge on any atom is -0.368 e. The molecule has 2 amide bonds. The first-order valence-electron chi connectivity index (χ1n) is 6.83. The molecular weight excluding hydrogens is 274 g/mol. The van der Waals surface area contributed by atoms with Crippen molar-refractivity contribution in [2.45, 2.75) is 26.8 Å². The Labute approximate surface area is 122 Å². The maximum absolute atomic E-state index is 11.7. The summed E-state index contributed by atoms with van der Waals surface area (Å²) in [5.41, 5.74) is 5.73. The zero-order chi connectivity index (χ0) is 15.6. The van der Waals surface area contributed by atoms with E-state index >= 15 is 0 Å². The van der Waals surface area contributed by atoms with Crippen molar-refractivity contribution in [1.82, 2.24) is 20.3 Å². The first kappa shape index (κ1) is 14.9. The molecule has 1 unspecified atom stereocenters. The van der Waals surface area contributed by atoms with E-state index in [1.807, 2.05) is 18.7 Å². The third-order valence-electron chi connectivity index (χ3n) is 3.36. The number of hydrogen-bond acceptors (Lipinski definition) is 8. The molecule has 3 N–H and O–H groups in total. The molecule has 0 spiro atoms. The zero-order valence-electron chi connectivity index (χ0n) is 12.3. The van der Waals surface area contributed by atoms with Crippen LogP contribution in [0.5, 0.6) is 0 Å². The van der Waals surface area contributed by atoms with Gasteiger partial charge >= 0.3 is 0 Å². The summed E-state index contributed by atoms with van der Waals surface area (Å²) < 4.78 is 0. The molecule has 9 heteroatoms. The van der Waals surface area contributed by atoms with Gasteiger partial charge in [0.05, 0.1) is 0 Å². The number of carbonyl (C=O) groups excluding carboxylic acids is 2. The van der Waals surface area contributed by atoms with Gasteiger partial charge in [-0.1, -0.05) is 0 Å². The quantitative estimate of drug-likeness (QED) is 0.689. The van der Waals surface area contributed by atoms with E-state index in [2.05, 4.69) is 20.3 Å². The fraction of sp³-hybridized carbons (Fsp3) is 0.583. The van der Waals surface area contributed by atoms with Gasteiger partial charge in [-0.15, -0.1) is 0 Å². The van der Waals surface area contributed by atoms with Crippen LogP contribution in [0.15, 0.2) is 0 Å². The molecule has 1 aromatic rings. The maximum atomic E-state index is 11.7. The second-order valence-corrected chi connectivity index (χ2v) is 4.68. The number of rotatable bonds is 4. The maximum Gasteiger partial charge on any atom is 0.249 e. The molecular formula is C12H19N7O2. The summed E-state index contributed by atoms with van der Waals surface area (Å²) in [6.45, 7) is 7.07. The van der Waals surface area contributed by atoms with Gasteiger partial charge in [0.2, 0.25) is 29.7 Å². The average Bonchev–Trinajstić information content (AvgIpc) is 2.43. The number of hydrogen-bond donors (Lipinski definition) is 2. The lowest BCUT2D eigenvalue weighted by Crippen LogP contribution is -2.57. The van der Waals surface area contributed by atoms with Gasteiger partial charge in [-0.25, -0.2) is 0 Å². The predicted octanol–water partition coefficient (Wildman–Crippen LogP) is -0.849. The Balaban J connectivity index is 2.38. The van der Waals surface area contributed by atoms with Crippen LogP contribution in [0.25, 0.3) is 0 Å². The lowest BCUT2D eigenvalue weighted by Gasteiger charge is -2.32. The molecule has 21 heavy (non-hydrogen) atoms. The van der Waals surface area contributed by atoms with E-state index in [9.17, 15) is 9.59 Å². The van der Waals surface area contributed by atoms with Crippen LogP contribution in [0.2, 0.25) is 0 Å². The van der Waals surface area contributed by atoms with Gasteiger partial charge in [0, 0.05) is 13.1 Å². The molecule has 0 aromatic carbocycles. The van der Waals surface area contributed by atoms with E-state index in [-0.39, 0.29) is 30.3 Å². The van der Waals surface area contributed by atoms with Gasteiger partial charge in [-0.05, 0) is 20.8 Å². The number of carbonyl (C=O) groups is 2. The Kier molecular flexibility index (Phi) is 4.20. The van der Waals surface area contributed by atoms with Crippen LogP contribution in [0.1, 0.15) is 20.8 Å². The summed E-state index contributed by atoms with van der Waals surface area (Å²) in [5, 5.41) is 2.27. The van der Waals surface area contributed by atoms with Gasteiger partial charge < -0.3 is 15.5 Å². The fourth-order valence-electron chi connectivity index (χ4n) is 2.10. The molecule has 0 bridgehead atoms. The van der Waals surface area contributed by atoms with Crippen LogP contribution in [-0.2, 0) is 9.59 Å². The fourth-order valence-corrected chi connectivity index (χ4v) is 2.10. The molecule has 1 aromatic heterocycles. The molecule has 2 heterocycles. The van der Waals surface area contributed by atoms with Gasteiger partial charge in [-0.3, -0.25) is 14.9 Å². The average molecular weight is 293 g/mol. The highest BCUT2D eigenvalue weighted by Gasteiger charge is 2.32. The van der Waals surface area contributed by atoms with Crippen molar-refractivity contribution in [2.75, 3.05) is 35.2 Å². The van der Waals surface area contributed by atoms with Gasteiger partial charge in [0.1, 0.15) is 12.6 Å². The largest absolute Gasteiger partial charge is 0.368 e. The summed E-state index contributed by atoms with van der Waals surface area (Å²) in [4.78, 5) is 39.2. The minimum atomic E-state index is -0.547. The van der Waals surface area contributed by atoms with Crippen molar-refractivity contribution in [2.24, 2.45) is 0 Å². The zero-order valence-corrected chi connectivity index (χ0v) is 12.3. The van der Waals surface area contributed by atoms with Crippen LogP contribution < -0.4 is 20.9 Å². The van der Waals surface area contributed by atoms with Gasteiger partial charge in [0.15, 0.2) is 0 Å². The van der Waals surface area contributed by atoms with Crippen LogP contribution in [0, 0.1) is 0 Å². The summed E-state index contributed by atoms with van der Waals surface area (Å²) in [6.07, 6.45) is 0. The minimum absolute atomic E-state index is 0.00799. The SMILES string of the molecule is CCN(CC)c1nc(N)nc(N2CC(=O)NC(=O)C2C)n1. The van der Waals surface area contributed by atoms with Gasteiger partial charge in [0.25, 0.3) is 0 Å². The van der Waals surface area contributed by atoms with E-state index < -0.39 is 6.04 Å².